The van der Waals surface area contributed by atoms with Crippen LogP contribution in [0.2, 0.25) is 0 Å². The van der Waals surface area contributed by atoms with E-state index >= 15 is 0 Å². The summed E-state index contributed by atoms with van der Waals surface area (Å²) in [5.74, 6) is 1.99. The Balaban J connectivity index is 1.53. The van der Waals surface area contributed by atoms with E-state index in [1.54, 1.807) is 11.3 Å². The first-order chi connectivity index (χ1) is 10.9. The number of thiazole rings is 1. The molecule has 0 bridgehead atoms. The van der Waals surface area contributed by atoms with Crippen molar-refractivity contribution in [2.24, 2.45) is 4.99 Å². The highest BCUT2D eigenvalue weighted by atomic mass is 32.1. The second-order valence-corrected chi connectivity index (χ2v) is 5.97. The number of nitrogens with zero attached hydrogens (tertiary/aromatic N) is 5. The molecule has 1 aliphatic heterocycles. The molecule has 3 rings (SSSR count). The largest absolute Gasteiger partial charge is 0.353 e. The summed E-state index contributed by atoms with van der Waals surface area (Å²) in [5.41, 5.74) is 0. The van der Waals surface area contributed by atoms with E-state index in [1.165, 1.54) is 0 Å². The summed E-state index contributed by atoms with van der Waals surface area (Å²) in [7, 11) is 1.83. The van der Waals surface area contributed by atoms with Gasteiger partial charge in [0.15, 0.2) is 5.96 Å². The maximum Gasteiger partial charge on any atom is 0.194 e. The van der Waals surface area contributed by atoms with Crippen LogP contribution in [-0.2, 0) is 6.54 Å². The number of aromatic nitrogens is 2. The van der Waals surface area contributed by atoms with E-state index in [9.17, 15) is 0 Å². The molecule has 22 heavy (non-hydrogen) atoms. The molecule has 1 aliphatic rings. The number of pyridine rings is 1. The lowest BCUT2D eigenvalue weighted by atomic mass is 10.3. The van der Waals surface area contributed by atoms with E-state index in [2.05, 4.69) is 36.1 Å². The summed E-state index contributed by atoms with van der Waals surface area (Å²) >= 11 is 1.66. The molecule has 0 saturated carbocycles. The molecular weight excluding hydrogens is 296 g/mol. The number of guanidine groups is 1. The molecule has 0 aliphatic carbocycles. The Kier molecular flexibility index (Phi) is 4.85. The lowest BCUT2D eigenvalue weighted by Gasteiger charge is -2.37. The average Bonchev–Trinajstić information content (AvgIpc) is 3.10. The molecule has 2 aromatic rings. The first kappa shape index (κ1) is 14.8. The van der Waals surface area contributed by atoms with Crippen LogP contribution in [0.3, 0.4) is 0 Å². The summed E-state index contributed by atoms with van der Waals surface area (Å²) in [6.07, 6.45) is 3.67. The lowest BCUT2D eigenvalue weighted by molar-refractivity contribution is 0.371. The Hall–Kier alpha value is -2.15. The minimum absolute atomic E-state index is 0.727. The van der Waals surface area contributed by atoms with Crippen molar-refractivity contribution in [3.8, 4) is 0 Å². The molecule has 1 fully saturated rings. The van der Waals surface area contributed by atoms with Gasteiger partial charge in [-0.2, -0.15) is 0 Å². The summed E-state index contributed by atoms with van der Waals surface area (Å²) in [6, 6.07) is 6.04. The molecule has 1 N–H and O–H groups in total. The monoisotopic (exact) mass is 316 g/mol. The average molecular weight is 316 g/mol. The van der Waals surface area contributed by atoms with E-state index in [4.69, 9.17) is 0 Å². The van der Waals surface area contributed by atoms with Crippen molar-refractivity contribution in [2.45, 2.75) is 6.54 Å². The molecule has 0 spiro atoms. The molecule has 0 radical (unpaired) electrons. The van der Waals surface area contributed by atoms with Crippen LogP contribution in [-0.4, -0.2) is 54.1 Å². The van der Waals surface area contributed by atoms with Gasteiger partial charge in [0.25, 0.3) is 0 Å². The molecule has 0 aromatic carbocycles. The van der Waals surface area contributed by atoms with E-state index in [0.717, 1.165) is 49.5 Å². The van der Waals surface area contributed by atoms with Crippen LogP contribution >= 0.6 is 11.3 Å². The van der Waals surface area contributed by atoms with Gasteiger partial charge < -0.3 is 15.1 Å². The molecule has 0 atom stereocenters. The fourth-order valence-corrected chi connectivity index (χ4v) is 3.07. The SMILES string of the molecule is CN=C(NCc1nccs1)N1CCN(c2ccccn2)CC1. The third kappa shape index (κ3) is 3.54. The highest BCUT2D eigenvalue weighted by Crippen LogP contribution is 2.12. The van der Waals surface area contributed by atoms with Gasteiger partial charge in [-0.05, 0) is 12.1 Å². The highest BCUT2D eigenvalue weighted by Gasteiger charge is 2.20. The van der Waals surface area contributed by atoms with Gasteiger partial charge >= 0.3 is 0 Å². The van der Waals surface area contributed by atoms with Crippen LogP contribution < -0.4 is 10.2 Å². The van der Waals surface area contributed by atoms with Crippen LogP contribution in [0.25, 0.3) is 0 Å². The minimum atomic E-state index is 0.727. The van der Waals surface area contributed by atoms with Crippen molar-refractivity contribution in [3.05, 3.63) is 41.0 Å². The van der Waals surface area contributed by atoms with Crippen molar-refractivity contribution in [1.82, 2.24) is 20.2 Å². The number of rotatable bonds is 3. The Morgan fingerprint density at radius 1 is 1.23 bits per heavy atom. The van der Waals surface area contributed by atoms with Gasteiger partial charge in [0, 0.05) is 51.0 Å². The predicted molar refractivity (Wildman–Crippen MR) is 90.3 cm³/mol. The number of hydrogen-bond acceptors (Lipinski definition) is 5. The van der Waals surface area contributed by atoms with Crippen LogP contribution in [0, 0.1) is 0 Å². The predicted octanol–water partition coefficient (Wildman–Crippen LogP) is 1.44. The van der Waals surface area contributed by atoms with Crippen molar-refractivity contribution in [1.29, 1.82) is 0 Å². The van der Waals surface area contributed by atoms with Gasteiger partial charge in [0.2, 0.25) is 0 Å². The zero-order valence-corrected chi connectivity index (χ0v) is 13.5. The lowest BCUT2D eigenvalue weighted by Crippen LogP contribution is -2.52. The van der Waals surface area contributed by atoms with Gasteiger partial charge in [-0.1, -0.05) is 6.07 Å². The molecule has 1 saturated heterocycles. The van der Waals surface area contributed by atoms with Crippen LogP contribution in [0.1, 0.15) is 5.01 Å². The number of piperazine rings is 1. The summed E-state index contributed by atoms with van der Waals surface area (Å²) < 4.78 is 0. The third-order valence-electron chi connectivity index (χ3n) is 3.65. The number of nitrogens with one attached hydrogen (secondary N) is 1. The molecular formula is C15H20N6S. The molecule has 0 amide bonds. The fourth-order valence-electron chi connectivity index (χ4n) is 2.52. The zero-order chi connectivity index (χ0) is 15.2. The van der Waals surface area contributed by atoms with Gasteiger partial charge in [-0.3, -0.25) is 4.99 Å². The van der Waals surface area contributed by atoms with Gasteiger partial charge in [-0.25, -0.2) is 9.97 Å². The molecule has 3 heterocycles. The third-order valence-corrected chi connectivity index (χ3v) is 4.43. The van der Waals surface area contributed by atoms with Crippen LogP contribution in [0.4, 0.5) is 5.82 Å². The number of hydrogen-bond donors (Lipinski definition) is 1. The molecule has 6 nitrogen and oxygen atoms in total. The zero-order valence-electron chi connectivity index (χ0n) is 12.6. The molecule has 0 unspecified atom stereocenters. The first-order valence-corrected chi connectivity index (χ1v) is 8.25. The standard InChI is InChI=1S/C15H20N6S/c1-16-15(19-12-14-18-6-11-22-14)21-9-7-20(8-10-21)13-4-2-3-5-17-13/h2-6,11H,7-10,12H2,1H3,(H,16,19). The maximum atomic E-state index is 4.42. The Morgan fingerprint density at radius 3 is 2.73 bits per heavy atom. The molecule has 2 aromatic heterocycles. The van der Waals surface area contributed by atoms with E-state index in [0.29, 0.717) is 0 Å². The maximum absolute atomic E-state index is 4.42. The summed E-state index contributed by atoms with van der Waals surface area (Å²) in [6.45, 7) is 4.51. The van der Waals surface area contributed by atoms with Gasteiger partial charge in [0.1, 0.15) is 10.8 Å². The highest BCUT2D eigenvalue weighted by molar-refractivity contribution is 7.09. The van der Waals surface area contributed by atoms with Gasteiger partial charge in [-0.15, -0.1) is 11.3 Å². The Morgan fingerprint density at radius 2 is 2.09 bits per heavy atom. The Labute approximate surface area is 134 Å². The van der Waals surface area contributed by atoms with Crippen molar-refractivity contribution in [3.63, 3.8) is 0 Å². The Bertz CT molecular complexity index is 590. The van der Waals surface area contributed by atoms with E-state index < -0.39 is 0 Å². The summed E-state index contributed by atoms with van der Waals surface area (Å²) in [4.78, 5) is 17.7. The fraction of sp³-hybridized carbons (Fsp3) is 0.400. The quantitative estimate of drug-likeness (QED) is 0.686. The second kappa shape index (κ2) is 7.22. The van der Waals surface area contributed by atoms with E-state index in [-0.39, 0.29) is 0 Å². The van der Waals surface area contributed by atoms with E-state index in [1.807, 2.05) is 37.0 Å². The normalized spacial score (nSPS) is 16.0. The first-order valence-electron chi connectivity index (χ1n) is 7.37. The number of aliphatic imine (C=N–C) groups is 1. The second-order valence-electron chi connectivity index (χ2n) is 4.99. The molecule has 7 heteroatoms. The van der Waals surface area contributed by atoms with Crippen LogP contribution in [0.5, 0.6) is 0 Å². The molecule has 116 valence electrons. The topological polar surface area (TPSA) is 56.7 Å². The van der Waals surface area contributed by atoms with Gasteiger partial charge in [0.05, 0.1) is 6.54 Å². The summed E-state index contributed by atoms with van der Waals surface area (Å²) in [5, 5.41) is 6.45. The van der Waals surface area contributed by atoms with Crippen molar-refractivity contribution >= 4 is 23.1 Å². The van der Waals surface area contributed by atoms with Crippen molar-refractivity contribution in [2.75, 3.05) is 38.1 Å². The van der Waals surface area contributed by atoms with Crippen molar-refractivity contribution < 1.29 is 0 Å². The minimum Gasteiger partial charge on any atom is -0.353 e. The van der Waals surface area contributed by atoms with Crippen LogP contribution in [0.15, 0.2) is 41.0 Å². The smallest absolute Gasteiger partial charge is 0.194 e. The number of anilines is 1.